The molecule has 2 fully saturated rings. The highest BCUT2D eigenvalue weighted by molar-refractivity contribution is 7.89. The maximum Gasteiger partial charge on any atom is 0.214 e. The Labute approximate surface area is 121 Å². The highest BCUT2D eigenvalue weighted by atomic mass is 32.2. The Balaban J connectivity index is 1.89. The van der Waals surface area contributed by atoms with Gasteiger partial charge in [0.2, 0.25) is 10.0 Å². The molecule has 2 rings (SSSR count). The molecule has 0 bridgehead atoms. The van der Waals surface area contributed by atoms with Gasteiger partial charge in [-0.3, -0.25) is 4.90 Å². The lowest BCUT2D eigenvalue weighted by atomic mass is 10.1. The third-order valence-electron chi connectivity index (χ3n) is 3.97. The van der Waals surface area contributed by atoms with Gasteiger partial charge in [0.1, 0.15) is 0 Å². The van der Waals surface area contributed by atoms with E-state index < -0.39 is 10.0 Å². The Bertz CT molecular complexity index is 426. The number of nitrogens with two attached hydrogens (primary N) is 1. The molecule has 0 radical (unpaired) electrons. The molecule has 1 aliphatic carbocycles. The van der Waals surface area contributed by atoms with Gasteiger partial charge in [0.25, 0.3) is 0 Å². The largest absolute Gasteiger partial charge is 0.392 e. The van der Waals surface area contributed by atoms with E-state index in [1.807, 2.05) is 0 Å². The lowest BCUT2D eigenvalue weighted by Gasteiger charge is -2.38. The minimum absolute atomic E-state index is 0.100. The van der Waals surface area contributed by atoms with Gasteiger partial charge in [0.15, 0.2) is 0 Å². The Hall–Kier alpha value is -0.240. The van der Waals surface area contributed by atoms with Crippen LogP contribution in [0.1, 0.15) is 26.2 Å². The maximum atomic E-state index is 12.2. The summed E-state index contributed by atoms with van der Waals surface area (Å²) in [5.74, 6) is 0.738. The first-order valence-corrected chi connectivity index (χ1v) is 8.97. The van der Waals surface area contributed by atoms with E-state index in [4.69, 9.17) is 18.0 Å². The predicted molar refractivity (Wildman–Crippen MR) is 80.5 cm³/mol. The summed E-state index contributed by atoms with van der Waals surface area (Å²) in [5.41, 5.74) is 5.73. The Morgan fingerprint density at radius 2 is 1.89 bits per heavy atom. The molecule has 0 spiro atoms. The van der Waals surface area contributed by atoms with E-state index in [0.717, 1.165) is 32.4 Å². The van der Waals surface area contributed by atoms with Gasteiger partial charge < -0.3 is 5.73 Å². The molecule has 0 amide bonds. The van der Waals surface area contributed by atoms with Gasteiger partial charge >= 0.3 is 0 Å². The SMILES string of the molecule is CCC(C(N)=S)N1CCN(S(=O)(=O)CC2CC2)CC1. The smallest absolute Gasteiger partial charge is 0.214 e. The summed E-state index contributed by atoms with van der Waals surface area (Å²) in [6.45, 7) is 4.63. The monoisotopic (exact) mass is 305 g/mol. The van der Waals surface area contributed by atoms with Crippen LogP contribution in [0.5, 0.6) is 0 Å². The van der Waals surface area contributed by atoms with Crippen LogP contribution in [-0.2, 0) is 10.0 Å². The number of rotatable bonds is 6. The van der Waals surface area contributed by atoms with E-state index in [-0.39, 0.29) is 6.04 Å². The summed E-state index contributed by atoms with van der Waals surface area (Å²) < 4.78 is 26.0. The Morgan fingerprint density at radius 3 is 2.32 bits per heavy atom. The Kier molecular flexibility index (Phi) is 4.81. The van der Waals surface area contributed by atoms with Crippen molar-refractivity contribution in [3.05, 3.63) is 0 Å². The molecular weight excluding hydrogens is 282 g/mol. The first-order valence-electron chi connectivity index (χ1n) is 6.95. The van der Waals surface area contributed by atoms with Crippen LogP contribution in [0.15, 0.2) is 0 Å². The number of piperazine rings is 1. The van der Waals surface area contributed by atoms with Crippen LogP contribution in [0.2, 0.25) is 0 Å². The fourth-order valence-corrected chi connectivity index (χ4v) is 4.80. The molecule has 110 valence electrons. The number of hydrogen-bond acceptors (Lipinski definition) is 4. The number of sulfonamides is 1. The number of nitrogens with zero attached hydrogens (tertiary/aromatic N) is 2. The number of thiocarbonyl (C=S) groups is 1. The first-order chi connectivity index (χ1) is 8.94. The molecule has 1 heterocycles. The van der Waals surface area contributed by atoms with Gasteiger partial charge in [-0.2, -0.15) is 4.31 Å². The third kappa shape index (κ3) is 3.87. The molecule has 7 heteroatoms. The van der Waals surface area contributed by atoms with E-state index in [1.54, 1.807) is 4.31 Å². The lowest BCUT2D eigenvalue weighted by molar-refractivity contribution is 0.165. The highest BCUT2D eigenvalue weighted by Crippen LogP contribution is 2.31. The molecule has 1 atom stereocenters. The molecule has 1 aliphatic heterocycles. The third-order valence-corrected chi connectivity index (χ3v) is 6.28. The van der Waals surface area contributed by atoms with Gasteiger partial charge in [0.05, 0.1) is 16.8 Å². The molecule has 19 heavy (non-hydrogen) atoms. The van der Waals surface area contributed by atoms with Gasteiger partial charge in [-0.1, -0.05) is 19.1 Å². The fourth-order valence-electron chi connectivity index (χ4n) is 2.62. The topological polar surface area (TPSA) is 66.6 Å². The average molecular weight is 305 g/mol. The average Bonchev–Trinajstić information content (AvgIpc) is 3.13. The van der Waals surface area contributed by atoms with Crippen molar-refractivity contribution in [3.8, 4) is 0 Å². The maximum absolute atomic E-state index is 12.2. The highest BCUT2D eigenvalue weighted by Gasteiger charge is 2.34. The summed E-state index contributed by atoms with van der Waals surface area (Å²) in [6, 6.07) is 0.100. The fraction of sp³-hybridized carbons (Fsp3) is 0.917. The standard InChI is InChI=1S/C12H23N3O2S2/c1-2-11(12(13)18)14-5-7-15(8-6-14)19(16,17)9-10-3-4-10/h10-11H,2-9H2,1H3,(H2,13,18). The lowest BCUT2D eigenvalue weighted by Crippen LogP contribution is -2.55. The minimum Gasteiger partial charge on any atom is -0.392 e. The second-order valence-electron chi connectivity index (χ2n) is 5.48. The van der Waals surface area contributed by atoms with E-state index >= 15 is 0 Å². The van der Waals surface area contributed by atoms with Gasteiger partial charge in [0, 0.05) is 26.2 Å². The van der Waals surface area contributed by atoms with Crippen LogP contribution < -0.4 is 5.73 Å². The summed E-state index contributed by atoms with van der Waals surface area (Å²) in [4.78, 5) is 2.71. The van der Waals surface area contributed by atoms with Crippen LogP contribution in [-0.4, -0.2) is 60.6 Å². The molecule has 0 aromatic heterocycles. The second kappa shape index (κ2) is 6.03. The van der Waals surface area contributed by atoms with Crippen molar-refractivity contribution >= 4 is 27.2 Å². The van der Waals surface area contributed by atoms with Crippen LogP contribution in [0.25, 0.3) is 0 Å². The number of hydrogen-bond donors (Lipinski definition) is 1. The summed E-state index contributed by atoms with van der Waals surface area (Å²) in [6.07, 6.45) is 3.02. The van der Waals surface area contributed by atoms with E-state index in [9.17, 15) is 8.42 Å². The van der Waals surface area contributed by atoms with E-state index in [2.05, 4.69) is 11.8 Å². The second-order valence-corrected chi connectivity index (χ2v) is 7.97. The molecule has 2 N–H and O–H groups in total. The molecule has 1 saturated heterocycles. The Morgan fingerprint density at radius 1 is 1.32 bits per heavy atom. The van der Waals surface area contributed by atoms with Gasteiger partial charge in [-0.25, -0.2) is 8.42 Å². The quantitative estimate of drug-likeness (QED) is 0.720. The van der Waals surface area contributed by atoms with Crippen LogP contribution in [0, 0.1) is 5.92 Å². The molecular formula is C12H23N3O2S2. The van der Waals surface area contributed by atoms with Crippen molar-refractivity contribution in [1.82, 2.24) is 9.21 Å². The summed E-state index contributed by atoms with van der Waals surface area (Å²) >= 11 is 5.07. The minimum atomic E-state index is -3.05. The zero-order valence-corrected chi connectivity index (χ0v) is 13.0. The van der Waals surface area contributed by atoms with Crippen molar-refractivity contribution in [2.45, 2.75) is 32.2 Å². The molecule has 1 saturated carbocycles. The van der Waals surface area contributed by atoms with Crippen molar-refractivity contribution in [3.63, 3.8) is 0 Å². The van der Waals surface area contributed by atoms with Crippen LogP contribution in [0.3, 0.4) is 0 Å². The predicted octanol–water partition coefficient (Wildman–Crippen LogP) is 0.409. The normalized spacial score (nSPS) is 24.3. The van der Waals surface area contributed by atoms with Gasteiger partial charge in [-0.15, -0.1) is 0 Å². The van der Waals surface area contributed by atoms with Crippen molar-refractivity contribution in [2.24, 2.45) is 11.7 Å². The zero-order valence-electron chi connectivity index (χ0n) is 11.4. The summed E-state index contributed by atoms with van der Waals surface area (Å²) in [7, 11) is -3.05. The van der Waals surface area contributed by atoms with Crippen molar-refractivity contribution in [2.75, 3.05) is 31.9 Å². The van der Waals surface area contributed by atoms with Crippen molar-refractivity contribution in [1.29, 1.82) is 0 Å². The van der Waals surface area contributed by atoms with Crippen molar-refractivity contribution < 1.29 is 8.42 Å². The zero-order chi connectivity index (χ0) is 14.0. The van der Waals surface area contributed by atoms with Crippen LogP contribution >= 0.6 is 12.2 Å². The van der Waals surface area contributed by atoms with Crippen LogP contribution in [0.4, 0.5) is 0 Å². The van der Waals surface area contributed by atoms with Gasteiger partial charge in [-0.05, 0) is 25.2 Å². The van der Waals surface area contributed by atoms with E-state index in [1.165, 1.54) is 0 Å². The molecule has 5 nitrogen and oxygen atoms in total. The molecule has 1 unspecified atom stereocenters. The summed E-state index contributed by atoms with van der Waals surface area (Å²) in [5, 5.41) is 0. The molecule has 0 aromatic rings. The molecule has 0 aromatic carbocycles. The first kappa shape index (κ1) is 15.2. The van der Waals surface area contributed by atoms with E-state index in [0.29, 0.717) is 29.7 Å². The molecule has 2 aliphatic rings.